The molecular weight excluding hydrogens is 160 g/mol. The highest BCUT2D eigenvalue weighted by atomic mass is 14.5. The molecule has 0 unspecified atom stereocenters. The monoisotopic (exact) mass is 174 g/mol. The molecule has 4 N–H and O–H groups in total. The summed E-state index contributed by atoms with van der Waals surface area (Å²) in [6.45, 7) is 5.61. The SMILES string of the molecule is C=C(N)/C=C\c1cc(N)ccc1C. The fourth-order valence-corrected chi connectivity index (χ4v) is 1.04. The number of nitrogen functional groups attached to an aromatic ring is 1. The minimum atomic E-state index is 0.543. The van der Waals surface area contributed by atoms with Gasteiger partial charge in [-0.2, -0.15) is 0 Å². The molecule has 68 valence electrons. The van der Waals surface area contributed by atoms with E-state index in [2.05, 4.69) is 6.58 Å². The quantitative estimate of drug-likeness (QED) is 0.532. The van der Waals surface area contributed by atoms with Gasteiger partial charge in [-0.25, -0.2) is 0 Å². The van der Waals surface area contributed by atoms with Crippen LogP contribution >= 0.6 is 0 Å². The lowest BCUT2D eigenvalue weighted by Gasteiger charge is -2.01. The molecule has 2 heteroatoms. The first-order valence-electron chi connectivity index (χ1n) is 4.08. The standard InChI is InChI=1S/C11H14N2/c1-8-3-6-11(13)7-10(8)5-4-9(2)12/h3-7H,2,12-13H2,1H3/b5-4-. The van der Waals surface area contributed by atoms with Crippen molar-refractivity contribution >= 4 is 11.8 Å². The van der Waals surface area contributed by atoms with Gasteiger partial charge in [0.2, 0.25) is 0 Å². The van der Waals surface area contributed by atoms with Crippen LogP contribution < -0.4 is 11.5 Å². The van der Waals surface area contributed by atoms with E-state index in [9.17, 15) is 0 Å². The van der Waals surface area contributed by atoms with Crippen LogP contribution in [-0.4, -0.2) is 0 Å². The average molecular weight is 174 g/mol. The predicted molar refractivity (Wildman–Crippen MR) is 58.0 cm³/mol. The lowest BCUT2D eigenvalue weighted by molar-refractivity contribution is 1.43. The first kappa shape index (κ1) is 9.39. The third-order valence-electron chi connectivity index (χ3n) is 1.78. The van der Waals surface area contributed by atoms with E-state index >= 15 is 0 Å². The van der Waals surface area contributed by atoms with Gasteiger partial charge >= 0.3 is 0 Å². The highest BCUT2D eigenvalue weighted by molar-refractivity contribution is 5.60. The fraction of sp³-hybridized carbons (Fsp3) is 0.0909. The Morgan fingerprint density at radius 1 is 1.46 bits per heavy atom. The lowest BCUT2D eigenvalue weighted by Crippen LogP contribution is -1.90. The van der Waals surface area contributed by atoms with Crippen molar-refractivity contribution in [1.29, 1.82) is 0 Å². The van der Waals surface area contributed by atoms with Gasteiger partial charge in [0, 0.05) is 11.4 Å². The predicted octanol–water partition coefficient (Wildman–Crippen LogP) is 2.06. The molecule has 1 rings (SSSR count). The maximum absolute atomic E-state index is 5.65. The van der Waals surface area contributed by atoms with Gasteiger partial charge in [0.1, 0.15) is 0 Å². The molecule has 0 heterocycles. The van der Waals surface area contributed by atoms with Gasteiger partial charge in [0.15, 0.2) is 0 Å². The molecule has 0 bridgehead atoms. The molecule has 2 nitrogen and oxygen atoms in total. The molecule has 0 fully saturated rings. The summed E-state index contributed by atoms with van der Waals surface area (Å²) in [7, 11) is 0. The molecule has 0 radical (unpaired) electrons. The Labute approximate surface area is 78.6 Å². The molecule has 0 aliphatic carbocycles. The van der Waals surface area contributed by atoms with E-state index in [1.54, 1.807) is 6.08 Å². The Bertz CT molecular complexity index is 351. The molecule has 1 aromatic rings. The summed E-state index contributed by atoms with van der Waals surface area (Å²) >= 11 is 0. The van der Waals surface area contributed by atoms with Crippen molar-refractivity contribution < 1.29 is 0 Å². The molecule has 0 saturated heterocycles. The van der Waals surface area contributed by atoms with Gasteiger partial charge in [-0.1, -0.05) is 18.7 Å². The van der Waals surface area contributed by atoms with E-state index in [0.717, 1.165) is 11.3 Å². The number of anilines is 1. The Kier molecular flexibility index (Phi) is 2.75. The van der Waals surface area contributed by atoms with Crippen molar-refractivity contribution in [2.45, 2.75) is 6.92 Å². The largest absolute Gasteiger partial charge is 0.399 e. The van der Waals surface area contributed by atoms with Crippen LogP contribution in [0.1, 0.15) is 11.1 Å². The summed E-state index contributed by atoms with van der Waals surface area (Å²) in [5, 5.41) is 0. The zero-order chi connectivity index (χ0) is 9.84. The summed E-state index contributed by atoms with van der Waals surface area (Å²) in [5.74, 6) is 0. The highest BCUT2D eigenvalue weighted by Crippen LogP contribution is 2.14. The number of aryl methyl sites for hydroxylation is 1. The van der Waals surface area contributed by atoms with Crippen molar-refractivity contribution in [2.75, 3.05) is 5.73 Å². The van der Waals surface area contributed by atoms with E-state index in [1.165, 1.54) is 5.56 Å². The molecule has 0 spiro atoms. The van der Waals surface area contributed by atoms with Crippen molar-refractivity contribution in [3.8, 4) is 0 Å². The van der Waals surface area contributed by atoms with E-state index in [1.807, 2.05) is 31.2 Å². The van der Waals surface area contributed by atoms with Gasteiger partial charge in [0.05, 0.1) is 0 Å². The van der Waals surface area contributed by atoms with Crippen LogP contribution in [0, 0.1) is 6.92 Å². The smallest absolute Gasteiger partial charge is 0.0320 e. The minimum absolute atomic E-state index is 0.543. The molecule has 0 aromatic heterocycles. The molecule has 0 aliphatic heterocycles. The van der Waals surface area contributed by atoms with E-state index in [0.29, 0.717) is 5.70 Å². The summed E-state index contributed by atoms with van der Waals surface area (Å²) < 4.78 is 0. The third-order valence-corrected chi connectivity index (χ3v) is 1.78. The molecule has 13 heavy (non-hydrogen) atoms. The second-order valence-corrected chi connectivity index (χ2v) is 3.02. The third kappa shape index (κ3) is 2.67. The van der Waals surface area contributed by atoms with Gasteiger partial charge < -0.3 is 11.5 Å². The first-order chi connectivity index (χ1) is 6.09. The summed E-state index contributed by atoms with van der Waals surface area (Å²) in [6.07, 6.45) is 3.68. The van der Waals surface area contributed by atoms with Gasteiger partial charge in [-0.05, 0) is 36.3 Å². The highest BCUT2D eigenvalue weighted by Gasteiger charge is 1.93. The van der Waals surface area contributed by atoms with Crippen LogP contribution in [0.5, 0.6) is 0 Å². The topological polar surface area (TPSA) is 52.0 Å². The maximum Gasteiger partial charge on any atom is 0.0320 e. The van der Waals surface area contributed by atoms with Crippen LogP contribution in [0.15, 0.2) is 36.6 Å². The first-order valence-corrected chi connectivity index (χ1v) is 4.08. The summed E-state index contributed by atoms with van der Waals surface area (Å²) in [6, 6.07) is 5.77. The van der Waals surface area contributed by atoms with E-state index in [-0.39, 0.29) is 0 Å². The number of rotatable bonds is 2. The van der Waals surface area contributed by atoms with E-state index in [4.69, 9.17) is 11.5 Å². The van der Waals surface area contributed by atoms with Crippen molar-refractivity contribution in [2.24, 2.45) is 5.73 Å². The van der Waals surface area contributed by atoms with Crippen molar-refractivity contribution in [3.63, 3.8) is 0 Å². The van der Waals surface area contributed by atoms with Crippen LogP contribution in [0.4, 0.5) is 5.69 Å². The number of nitrogens with two attached hydrogens (primary N) is 2. The Balaban J connectivity index is 3.00. The molecular formula is C11H14N2. The zero-order valence-corrected chi connectivity index (χ0v) is 7.75. The second-order valence-electron chi connectivity index (χ2n) is 3.02. The fourth-order valence-electron chi connectivity index (χ4n) is 1.04. The molecule has 0 amide bonds. The Hall–Kier alpha value is -1.70. The van der Waals surface area contributed by atoms with Gasteiger partial charge in [-0.3, -0.25) is 0 Å². The Morgan fingerprint density at radius 3 is 2.77 bits per heavy atom. The zero-order valence-electron chi connectivity index (χ0n) is 7.75. The summed E-state index contributed by atoms with van der Waals surface area (Å²) in [4.78, 5) is 0. The van der Waals surface area contributed by atoms with Crippen LogP contribution in [-0.2, 0) is 0 Å². The van der Waals surface area contributed by atoms with Gasteiger partial charge in [-0.15, -0.1) is 0 Å². The second kappa shape index (κ2) is 3.81. The molecule has 0 saturated carbocycles. The maximum atomic E-state index is 5.65. The van der Waals surface area contributed by atoms with Crippen LogP contribution in [0.2, 0.25) is 0 Å². The number of benzene rings is 1. The minimum Gasteiger partial charge on any atom is -0.399 e. The lowest BCUT2D eigenvalue weighted by atomic mass is 10.1. The number of hydrogen-bond acceptors (Lipinski definition) is 2. The van der Waals surface area contributed by atoms with E-state index < -0.39 is 0 Å². The summed E-state index contributed by atoms with van der Waals surface area (Å²) in [5.41, 5.74) is 14.6. The van der Waals surface area contributed by atoms with Crippen LogP contribution in [0.25, 0.3) is 6.08 Å². The number of hydrogen-bond donors (Lipinski definition) is 2. The average Bonchev–Trinajstić information content (AvgIpc) is 2.06. The molecule has 1 aromatic carbocycles. The molecule has 0 aliphatic rings. The van der Waals surface area contributed by atoms with Crippen LogP contribution in [0.3, 0.4) is 0 Å². The van der Waals surface area contributed by atoms with Crippen molar-refractivity contribution in [1.82, 2.24) is 0 Å². The van der Waals surface area contributed by atoms with Crippen molar-refractivity contribution in [3.05, 3.63) is 47.7 Å². The normalized spacial score (nSPS) is 10.5. The molecule has 0 atom stereocenters. The van der Waals surface area contributed by atoms with Gasteiger partial charge in [0.25, 0.3) is 0 Å². The Morgan fingerprint density at radius 2 is 2.15 bits per heavy atom. The number of allylic oxidation sites excluding steroid dienone is 1.